The second kappa shape index (κ2) is 6.30. The van der Waals surface area contributed by atoms with Gasteiger partial charge in [0.1, 0.15) is 17.3 Å². The van der Waals surface area contributed by atoms with E-state index in [9.17, 15) is 8.42 Å². The lowest BCUT2D eigenvalue weighted by atomic mass is 10.3. The average molecular weight is 334 g/mol. The van der Waals surface area contributed by atoms with Gasteiger partial charge in [-0.2, -0.15) is 0 Å². The molecule has 0 N–H and O–H groups in total. The molecule has 18 heavy (non-hydrogen) atoms. The third-order valence-electron chi connectivity index (χ3n) is 2.13. The predicted octanol–water partition coefficient (Wildman–Crippen LogP) is 3.33. The normalized spacial score (nSPS) is 13.4. The van der Waals surface area contributed by atoms with Crippen LogP contribution < -0.4 is 4.74 Å². The average Bonchev–Trinajstić information content (AvgIpc) is 2.27. The van der Waals surface area contributed by atoms with E-state index in [-0.39, 0.29) is 33.4 Å². The second-order valence-electron chi connectivity index (χ2n) is 3.51. The first-order chi connectivity index (χ1) is 8.25. The molecule has 0 saturated carbocycles. The molecule has 0 fully saturated rings. The zero-order chi connectivity index (χ0) is 13.9. The van der Waals surface area contributed by atoms with E-state index < -0.39 is 9.05 Å². The summed E-state index contributed by atoms with van der Waals surface area (Å²) in [5, 5.41) is 0.0661. The van der Waals surface area contributed by atoms with Crippen LogP contribution in [0.3, 0.4) is 0 Å². The number of ether oxygens (including phenoxy) is 2. The van der Waals surface area contributed by atoms with Crippen LogP contribution in [0.2, 0.25) is 10.0 Å². The molecule has 0 bridgehead atoms. The van der Waals surface area contributed by atoms with Crippen molar-refractivity contribution in [2.45, 2.75) is 17.9 Å². The fourth-order valence-electron chi connectivity index (χ4n) is 1.08. The van der Waals surface area contributed by atoms with Gasteiger partial charge < -0.3 is 9.47 Å². The Bertz CT molecular complexity index is 530. The van der Waals surface area contributed by atoms with Crippen LogP contribution in [0.15, 0.2) is 17.0 Å². The molecule has 4 nitrogen and oxygen atoms in total. The predicted molar refractivity (Wildman–Crippen MR) is 71.5 cm³/mol. The van der Waals surface area contributed by atoms with Crippen molar-refractivity contribution < 1.29 is 17.9 Å². The number of hydrogen-bond acceptors (Lipinski definition) is 4. The molecule has 1 aromatic carbocycles. The molecule has 0 aromatic heterocycles. The molecule has 0 aliphatic carbocycles. The third kappa shape index (κ3) is 4.17. The second-order valence-corrected chi connectivity index (χ2v) is 6.86. The van der Waals surface area contributed by atoms with Crippen molar-refractivity contribution in [2.24, 2.45) is 0 Å². The van der Waals surface area contributed by atoms with Gasteiger partial charge in [-0.15, -0.1) is 0 Å². The van der Waals surface area contributed by atoms with Crippen LogP contribution in [0, 0.1) is 0 Å². The van der Waals surface area contributed by atoms with Crippen molar-refractivity contribution in [1.82, 2.24) is 0 Å². The van der Waals surface area contributed by atoms with E-state index in [1.165, 1.54) is 6.07 Å². The maximum absolute atomic E-state index is 11.2. The van der Waals surface area contributed by atoms with Crippen molar-refractivity contribution in [2.75, 3.05) is 13.7 Å². The van der Waals surface area contributed by atoms with Gasteiger partial charge in [-0.25, -0.2) is 8.42 Å². The van der Waals surface area contributed by atoms with Crippen LogP contribution in [0.5, 0.6) is 5.75 Å². The summed E-state index contributed by atoms with van der Waals surface area (Å²) in [6.45, 7) is 2.08. The van der Waals surface area contributed by atoms with Gasteiger partial charge in [0.2, 0.25) is 0 Å². The van der Waals surface area contributed by atoms with E-state index in [4.69, 9.17) is 43.4 Å². The smallest absolute Gasteiger partial charge is 0.262 e. The lowest BCUT2D eigenvalue weighted by Crippen LogP contribution is -2.16. The van der Waals surface area contributed by atoms with E-state index in [0.29, 0.717) is 0 Å². The highest BCUT2D eigenvalue weighted by Crippen LogP contribution is 2.35. The Kier molecular flexibility index (Phi) is 5.55. The van der Waals surface area contributed by atoms with Crippen molar-refractivity contribution in [3.05, 3.63) is 22.2 Å². The fraction of sp³-hybridized carbons (Fsp3) is 0.400. The number of halogens is 3. The zero-order valence-corrected chi connectivity index (χ0v) is 12.7. The maximum Gasteiger partial charge on any atom is 0.262 e. The van der Waals surface area contributed by atoms with Crippen molar-refractivity contribution in [3.63, 3.8) is 0 Å². The monoisotopic (exact) mass is 332 g/mol. The Morgan fingerprint density at radius 1 is 1.28 bits per heavy atom. The van der Waals surface area contributed by atoms with Gasteiger partial charge in [-0.3, -0.25) is 0 Å². The molecule has 1 aromatic rings. The Hall–Kier alpha value is -0.200. The molecule has 1 unspecified atom stereocenters. The van der Waals surface area contributed by atoms with Crippen LogP contribution in [-0.4, -0.2) is 28.2 Å². The standard InChI is InChI=1S/C10H11Cl3O4S/c1-6(16-2)5-17-9-3-8(12)10(4-7(9)11)18(13,14)15/h3-4,6H,5H2,1-2H3. The summed E-state index contributed by atoms with van der Waals surface area (Å²) < 4.78 is 32.7. The molecule has 8 heteroatoms. The first kappa shape index (κ1) is 15.9. The number of hydrogen-bond donors (Lipinski definition) is 0. The third-order valence-corrected chi connectivity index (χ3v) is 4.21. The topological polar surface area (TPSA) is 52.6 Å². The minimum Gasteiger partial charge on any atom is -0.489 e. The van der Waals surface area contributed by atoms with Gasteiger partial charge in [-0.1, -0.05) is 23.2 Å². The summed E-state index contributed by atoms with van der Waals surface area (Å²) in [4.78, 5) is -0.247. The molecule has 102 valence electrons. The van der Waals surface area contributed by atoms with E-state index in [1.54, 1.807) is 7.11 Å². The van der Waals surface area contributed by atoms with Gasteiger partial charge in [0.15, 0.2) is 0 Å². The van der Waals surface area contributed by atoms with Gasteiger partial charge in [0.25, 0.3) is 9.05 Å². The zero-order valence-electron chi connectivity index (χ0n) is 9.61. The number of rotatable bonds is 5. The molecule has 1 atom stereocenters. The highest BCUT2D eigenvalue weighted by atomic mass is 35.7. The molecular formula is C10H11Cl3O4S. The van der Waals surface area contributed by atoms with E-state index in [0.717, 1.165) is 6.07 Å². The molecule has 0 heterocycles. The Balaban J connectivity index is 3.01. The van der Waals surface area contributed by atoms with E-state index in [2.05, 4.69) is 0 Å². The molecule has 0 amide bonds. The highest BCUT2D eigenvalue weighted by molar-refractivity contribution is 8.13. The number of benzene rings is 1. The summed E-state index contributed by atoms with van der Waals surface area (Å²) in [5.74, 6) is 0.273. The van der Waals surface area contributed by atoms with E-state index in [1.807, 2.05) is 6.92 Å². The SMILES string of the molecule is COC(C)COc1cc(Cl)c(S(=O)(=O)Cl)cc1Cl. The molecule has 0 aliphatic rings. The van der Waals surface area contributed by atoms with Crippen molar-refractivity contribution >= 4 is 42.9 Å². The maximum atomic E-state index is 11.2. The van der Waals surface area contributed by atoms with Gasteiger partial charge in [0, 0.05) is 23.9 Å². The molecule has 0 aliphatic heterocycles. The summed E-state index contributed by atoms with van der Waals surface area (Å²) in [5.41, 5.74) is 0. The van der Waals surface area contributed by atoms with Crippen LogP contribution in [0.4, 0.5) is 0 Å². The van der Waals surface area contributed by atoms with Crippen LogP contribution >= 0.6 is 33.9 Å². The molecule has 0 saturated heterocycles. The molecule has 1 rings (SSSR count). The van der Waals surface area contributed by atoms with Crippen LogP contribution in [0.25, 0.3) is 0 Å². The minimum atomic E-state index is -3.93. The van der Waals surface area contributed by atoms with Crippen LogP contribution in [0.1, 0.15) is 6.92 Å². The highest BCUT2D eigenvalue weighted by Gasteiger charge is 2.18. The summed E-state index contributed by atoms with van der Waals surface area (Å²) in [6.07, 6.45) is -0.128. The Labute approximate surface area is 120 Å². The summed E-state index contributed by atoms with van der Waals surface area (Å²) in [7, 11) is 2.82. The fourth-order valence-corrected chi connectivity index (χ4v) is 2.88. The van der Waals surface area contributed by atoms with E-state index >= 15 is 0 Å². The van der Waals surface area contributed by atoms with Gasteiger partial charge in [-0.05, 0) is 13.0 Å². The molecule has 0 spiro atoms. The lowest BCUT2D eigenvalue weighted by molar-refractivity contribution is 0.0717. The lowest BCUT2D eigenvalue weighted by Gasteiger charge is -2.13. The van der Waals surface area contributed by atoms with Crippen LogP contribution in [-0.2, 0) is 13.8 Å². The van der Waals surface area contributed by atoms with Crippen molar-refractivity contribution in [3.8, 4) is 5.75 Å². The molecule has 0 radical (unpaired) electrons. The first-order valence-electron chi connectivity index (χ1n) is 4.85. The van der Waals surface area contributed by atoms with Crippen molar-refractivity contribution in [1.29, 1.82) is 0 Å². The minimum absolute atomic E-state index is 0.0468. The Morgan fingerprint density at radius 3 is 2.39 bits per heavy atom. The quantitative estimate of drug-likeness (QED) is 0.776. The molecular weight excluding hydrogens is 323 g/mol. The summed E-state index contributed by atoms with van der Waals surface area (Å²) in [6, 6.07) is 2.46. The largest absolute Gasteiger partial charge is 0.489 e. The summed E-state index contributed by atoms with van der Waals surface area (Å²) >= 11 is 11.7. The first-order valence-corrected chi connectivity index (χ1v) is 7.91. The Morgan fingerprint density at radius 2 is 1.89 bits per heavy atom. The number of methoxy groups -OCH3 is 1. The van der Waals surface area contributed by atoms with Gasteiger partial charge in [0.05, 0.1) is 16.1 Å². The van der Waals surface area contributed by atoms with Gasteiger partial charge >= 0.3 is 0 Å².